The van der Waals surface area contributed by atoms with Gasteiger partial charge in [0, 0.05) is 7.11 Å². The molecule has 4 heteroatoms. The van der Waals surface area contributed by atoms with Gasteiger partial charge in [0.2, 0.25) is 0 Å². The van der Waals surface area contributed by atoms with Gasteiger partial charge < -0.3 is 15.5 Å². The monoisotopic (exact) mass is 204 g/mol. The average Bonchev–Trinajstić information content (AvgIpc) is 2.00. The van der Waals surface area contributed by atoms with Gasteiger partial charge in [-0.05, 0) is 38.5 Å². The summed E-state index contributed by atoms with van der Waals surface area (Å²) in [6.45, 7) is 9.68. The predicted octanol–water partition coefficient (Wildman–Crippen LogP) is 1.37. The summed E-state index contributed by atoms with van der Waals surface area (Å²) in [5, 5.41) is 3.24. The summed E-state index contributed by atoms with van der Waals surface area (Å²) in [6, 6.07) is 1.18. The Morgan fingerprint density at radius 3 is 2.31 bits per heavy atom. The highest BCUT2D eigenvalue weighted by molar-refractivity contribution is 6.71. The maximum Gasteiger partial charge on any atom is 0.186 e. The fourth-order valence-electron chi connectivity index (χ4n) is 1.38. The standard InChI is InChI=1S/C9H24N2OSi/c1-8(6-11-9(2)10)7-13(4,5)12-3/h8-9,11H,6-7,10H2,1-5H3. The molecule has 0 aromatic heterocycles. The van der Waals surface area contributed by atoms with Gasteiger partial charge in [-0.2, -0.15) is 0 Å². The Bertz CT molecular complexity index is 140. The van der Waals surface area contributed by atoms with Crippen LogP contribution in [0.3, 0.4) is 0 Å². The van der Waals surface area contributed by atoms with E-state index in [9.17, 15) is 0 Å². The molecule has 0 aliphatic heterocycles. The average molecular weight is 204 g/mol. The van der Waals surface area contributed by atoms with Crippen molar-refractivity contribution < 1.29 is 4.43 Å². The van der Waals surface area contributed by atoms with E-state index in [2.05, 4.69) is 25.3 Å². The molecule has 80 valence electrons. The fraction of sp³-hybridized carbons (Fsp3) is 1.00. The topological polar surface area (TPSA) is 47.3 Å². The van der Waals surface area contributed by atoms with E-state index in [0.29, 0.717) is 5.92 Å². The van der Waals surface area contributed by atoms with Crippen molar-refractivity contribution in [3.8, 4) is 0 Å². The maximum absolute atomic E-state index is 5.61. The SMILES string of the molecule is CO[Si](C)(C)CC(C)CNC(C)N. The van der Waals surface area contributed by atoms with Crippen LogP contribution < -0.4 is 11.1 Å². The zero-order valence-electron chi connectivity index (χ0n) is 9.55. The van der Waals surface area contributed by atoms with Gasteiger partial charge in [0.25, 0.3) is 0 Å². The highest BCUT2D eigenvalue weighted by Crippen LogP contribution is 2.16. The third kappa shape index (κ3) is 7.19. The normalized spacial score (nSPS) is 17.1. The van der Waals surface area contributed by atoms with Gasteiger partial charge in [-0.3, -0.25) is 0 Å². The van der Waals surface area contributed by atoms with Crippen molar-refractivity contribution in [3.05, 3.63) is 0 Å². The van der Waals surface area contributed by atoms with Crippen LogP contribution >= 0.6 is 0 Å². The molecule has 0 aliphatic carbocycles. The summed E-state index contributed by atoms with van der Waals surface area (Å²) >= 11 is 0. The van der Waals surface area contributed by atoms with Gasteiger partial charge in [-0.25, -0.2) is 0 Å². The molecule has 3 N–H and O–H groups in total. The minimum absolute atomic E-state index is 0.0924. The summed E-state index contributed by atoms with van der Waals surface area (Å²) in [7, 11) is 0.424. The molecule has 3 nitrogen and oxygen atoms in total. The van der Waals surface area contributed by atoms with Gasteiger partial charge in [-0.15, -0.1) is 0 Å². The van der Waals surface area contributed by atoms with Crippen LogP contribution in [-0.4, -0.2) is 28.1 Å². The molecule has 0 radical (unpaired) electrons. The lowest BCUT2D eigenvalue weighted by Gasteiger charge is -2.24. The Labute approximate surface area is 83.2 Å². The maximum atomic E-state index is 5.61. The number of nitrogens with one attached hydrogen (secondary N) is 1. The molecule has 0 fully saturated rings. The second kappa shape index (κ2) is 5.75. The molecular formula is C9H24N2OSi. The third-order valence-corrected chi connectivity index (χ3v) is 4.97. The van der Waals surface area contributed by atoms with Gasteiger partial charge in [0.05, 0.1) is 6.17 Å². The molecule has 0 saturated carbocycles. The van der Waals surface area contributed by atoms with Crippen molar-refractivity contribution in [1.29, 1.82) is 0 Å². The van der Waals surface area contributed by atoms with Crippen LogP contribution in [0.25, 0.3) is 0 Å². The summed E-state index contributed by atoms with van der Waals surface area (Å²) in [5.74, 6) is 0.646. The third-order valence-electron chi connectivity index (χ3n) is 2.18. The molecular weight excluding hydrogens is 180 g/mol. The molecule has 2 atom stereocenters. The summed E-state index contributed by atoms with van der Waals surface area (Å²) in [4.78, 5) is 0. The van der Waals surface area contributed by atoms with E-state index in [1.54, 1.807) is 0 Å². The van der Waals surface area contributed by atoms with E-state index in [4.69, 9.17) is 10.2 Å². The Morgan fingerprint density at radius 2 is 1.92 bits per heavy atom. The summed E-state index contributed by atoms with van der Waals surface area (Å²) in [6.07, 6.45) is 0.0924. The van der Waals surface area contributed by atoms with Crippen molar-refractivity contribution >= 4 is 8.32 Å². The minimum Gasteiger partial charge on any atom is -0.420 e. The molecule has 0 bridgehead atoms. The highest BCUT2D eigenvalue weighted by atomic mass is 28.4. The first-order valence-electron chi connectivity index (χ1n) is 4.91. The molecule has 0 aromatic rings. The lowest BCUT2D eigenvalue weighted by Crippen LogP contribution is -2.39. The lowest BCUT2D eigenvalue weighted by molar-refractivity contribution is 0.387. The molecule has 0 spiro atoms. The summed E-state index contributed by atoms with van der Waals surface area (Å²) < 4.78 is 5.49. The molecule has 0 rings (SSSR count). The minimum atomic E-state index is -1.39. The van der Waals surface area contributed by atoms with Gasteiger partial charge in [-0.1, -0.05) is 6.92 Å². The second-order valence-electron chi connectivity index (χ2n) is 4.47. The van der Waals surface area contributed by atoms with Crippen LogP contribution in [0.1, 0.15) is 13.8 Å². The number of hydrogen-bond acceptors (Lipinski definition) is 3. The van der Waals surface area contributed by atoms with E-state index < -0.39 is 8.32 Å². The first-order valence-corrected chi connectivity index (χ1v) is 8.03. The van der Waals surface area contributed by atoms with Crippen molar-refractivity contribution in [2.45, 2.75) is 39.2 Å². The number of rotatable bonds is 6. The van der Waals surface area contributed by atoms with E-state index in [1.165, 1.54) is 6.04 Å². The number of hydrogen-bond donors (Lipinski definition) is 2. The van der Waals surface area contributed by atoms with Crippen LogP contribution in [0.5, 0.6) is 0 Å². The van der Waals surface area contributed by atoms with Crippen LogP contribution in [-0.2, 0) is 4.43 Å². The molecule has 13 heavy (non-hydrogen) atoms. The first kappa shape index (κ1) is 13.1. The van der Waals surface area contributed by atoms with Crippen molar-refractivity contribution in [3.63, 3.8) is 0 Å². The highest BCUT2D eigenvalue weighted by Gasteiger charge is 2.23. The largest absolute Gasteiger partial charge is 0.420 e. The smallest absolute Gasteiger partial charge is 0.186 e. The number of nitrogens with two attached hydrogens (primary N) is 1. The van der Waals surface area contributed by atoms with E-state index in [1.807, 2.05) is 14.0 Å². The fourth-order valence-corrected chi connectivity index (χ4v) is 3.37. The van der Waals surface area contributed by atoms with E-state index in [0.717, 1.165) is 6.54 Å². The predicted molar refractivity (Wildman–Crippen MR) is 60.1 cm³/mol. The van der Waals surface area contributed by atoms with Crippen LogP contribution in [0.4, 0.5) is 0 Å². The van der Waals surface area contributed by atoms with Crippen molar-refractivity contribution in [2.75, 3.05) is 13.7 Å². The summed E-state index contributed by atoms with van der Waals surface area (Å²) in [5.41, 5.74) is 5.61. The first-order chi connectivity index (χ1) is 5.87. The van der Waals surface area contributed by atoms with Crippen LogP contribution in [0, 0.1) is 5.92 Å². The zero-order chi connectivity index (χ0) is 10.5. The van der Waals surface area contributed by atoms with Gasteiger partial charge >= 0.3 is 0 Å². The Morgan fingerprint density at radius 1 is 1.38 bits per heavy atom. The van der Waals surface area contributed by atoms with Crippen molar-refractivity contribution in [1.82, 2.24) is 5.32 Å². The zero-order valence-corrected chi connectivity index (χ0v) is 10.6. The molecule has 2 unspecified atom stereocenters. The Hall–Kier alpha value is 0.0969. The van der Waals surface area contributed by atoms with Crippen LogP contribution in [0.15, 0.2) is 0 Å². The molecule has 0 aliphatic rings. The molecule has 0 amide bonds. The Balaban J connectivity index is 3.67. The lowest BCUT2D eigenvalue weighted by atomic mass is 10.2. The van der Waals surface area contributed by atoms with E-state index >= 15 is 0 Å². The van der Waals surface area contributed by atoms with Gasteiger partial charge in [0.1, 0.15) is 0 Å². The molecule has 0 aromatic carbocycles. The Kier molecular flexibility index (Phi) is 5.79. The molecule has 0 saturated heterocycles. The van der Waals surface area contributed by atoms with E-state index in [-0.39, 0.29) is 6.17 Å². The second-order valence-corrected chi connectivity index (χ2v) is 8.81. The van der Waals surface area contributed by atoms with Crippen molar-refractivity contribution in [2.24, 2.45) is 11.7 Å². The molecule has 0 heterocycles. The van der Waals surface area contributed by atoms with Crippen LogP contribution in [0.2, 0.25) is 19.1 Å². The quantitative estimate of drug-likeness (QED) is 0.507. The van der Waals surface area contributed by atoms with Gasteiger partial charge in [0.15, 0.2) is 8.32 Å².